The maximum Gasteiger partial charge on any atom is 0.326 e. The van der Waals surface area contributed by atoms with Gasteiger partial charge in [-0.2, -0.15) is 0 Å². The lowest BCUT2D eigenvalue weighted by Gasteiger charge is -2.28. The minimum absolute atomic E-state index is 0.0479. The van der Waals surface area contributed by atoms with Gasteiger partial charge < -0.3 is 10.1 Å². The summed E-state index contributed by atoms with van der Waals surface area (Å²) in [5.74, 6) is -2.19. The van der Waals surface area contributed by atoms with Crippen molar-refractivity contribution < 1.29 is 23.9 Å². The standard InChI is InChI=1S/C24H24N2O5/c1-15(23(29)25-20-12-6-9-16-7-2-4-10-18(16)20)31-22(28)14-26-21(27)13-17-8-3-5-11-19(17)24(26)30/h2-5,7-8,10-11,15,20H,6,9,12-14H2,1H3,(H,25,29)/t15-,20-/m0/s1. The summed E-state index contributed by atoms with van der Waals surface area (Å²) < 4.78 is 5.23. The molecule has 3 amide bonds. The number of fused-ring (bicyclic) bond motifs is 2. The highest BCUT2D eigenvalue weighted by molar-refractivity contribution is 6.11. The number of aryl methyl sites for hydroxylation is 1. The van der Waals surface area contributed by atoms with Gasteiger partial charge in [0.2, 0.25) is 5.91 Å². The van der Waals surface area contributed by atoms with Crippen molar-refractivity contribution in [2.45, 2.75) is 44.8 Å². The van der Waals surface area contributed by atoms with Gasteiger partial charge in [-0.15, -0.1) is 0 Å². The number of nitrogens with one attached hydrogen (secondary N) is 1. The van der Waals surface area contributed by atoms with Crippen molar-refractivity contribution in [2.75, 3.05) is 6.54 Å². The van der Waals surface area contributed by atoms with E-state index < -0.39 is 36.3 Å². The minimum atomic E-state index is -1.04. The highest BCUT2D eigenvalue weighted by Crippen LogP contribution is 2.29. The summed E-state index contributed by atoms with van der Waals surface area (Å²) in [5, 5.41) is 2.95. The van der Waals surface area contributed by atoms with E-state index in [4.69, 9.17) is 4.74 Å². The zero-order chi connectivity index (χ0) is 22.0. The first-order valence-electron chi connectivity index (χ1n) is 10.4. The van der Waals surface area contributed by atoms with Crippen molar-refractivity contribution in [3.05, 3.63) is 70.8 Å². The van der Waals surface area contributed by atoms with Crippen LogP contribution in [-0.4, -0.2) is 41.2 Å². The van der Waals surface area contributed by atoms with Crippen LogP contribution in [0.4, 0.5) is 0 Å². The largest absolute Gasteiger partial charge is 0.451 e. The highest BCUT2D eigenvalue weighted by Gasteiger charge is 2.33. The van der Waals surface area contributed by atoms with Crippen LogP contribution in [0, 0.1) is 0 Å². The molecule has 2 atom stereocenters. The van der Waals surface area contributed by atoms with E-state index >= 15 is 0 Å². The molecule has 0 saturated carbocycles. The molecule has 0 saturated heterocycles. The van der Waals surface area contributed by atoms with E-state index in [1.165, 1.54) is 12.5 Å². The first kappa shape index (κ1) is 20.8. The fourth-order valence-corrected chi connectivity index (χ4v) is 4.17. The molecule has 7 nitrogen and oxygen atoms in total. The maximum atomic E-state index is 12.6. The van der Waals surface area contributed by atoms with Gasteiger partial charge in [0.15, 0.2) is 6.10 Å². The van der Waals surface area contributed by atoms with Gasteiger partial charge >= 0.3 is 5.97 Å². The van der Waals surface area contributed by atoms with Crippen LogP contribution in [0.15, 0.2) is 48.5 Å². The van der Waals surface area contributed by atoms with Crippen molar-refractivity contribution in [2.24, 2.45) is 0 Å². The average molecular weight is 420 g/mol. The summed E-state index contributed by atoms with van der Waals surface area (Å²) >= 11 is 0. The predicted molar refractivity (Wildman–Crippen MR) is 112 cm³/mol. The van der Waals surface area contributed by atoms with E-state index in [0.717, 1.165) is 29.7 Å². The van der Waals surface area contributed by atoms with Gasteiger partial charge in [-0.1, -0.05) is 42.5 Å². The Balaban J connectivity index is 1.35. The van der Waals surface area contributed by atoms with E-state index in [0.29, 0.717) is 11.1 Å². The first-order chi connectivity index (χ1) is 14.9. The SMILES string of the molecule is C[C@H](OC(=O)CN1C(=O)Cc2ccccc2C1=O)C(=O)N[C@H]1CCCc2ccccc21. The second kappa shape index (κ2) is 8.71. The molecule has 0 bridgehead atoms. The van der Waals surface area contributed by atoms with Crippen LogP contribution < -0.4 is 5.32 Å². The number of amides is 3. The third kappa shape index (κ3) is 4.35. The van der Waals surface area contributed by atoms with Crippen LogP contribution in [0.25, 0.3) is 0 Å². The second-order valence-electron chi connectivity index (χ2n) is 7.90. The highest BCUT2D eigenvalue weighted by atomic mass is 16.5. The number of carbonyl (C=O) groups excluding carboxylic acids is 4. The molecule has 1 N–H and O–H groups in total. The summed E-state index contributed by atoms with van der Waals surface area (Å²) in [6.45, 7) is 0.965. The molecule has 0 radical (unpaired) electrons. The Morgan fingerprint density at radius 3 is 2.61 bits per heavy atom. The second-order valence-corrected chi connectivity index (χ2v) is 7.90. The molecule has 2 aromatic carbocycles. The number of imide groups is 1. The molecular formula is C24H24N2O5. The van der Waals surface area contributed by atoms with Crippen molar-refractivity contribution in [3.63, 3.8) is 0 Å². The number of hydrogen-bond acceptors (Lipinski definition) is 5. The van der Waals surface area contributed by atoms with Gasteiger partial charge in [-0.25, -0.2) is 0 Å². The van der Waals surface area contributed by atoms with Gasteiger partial charge in [-0.05, 0) is 48.9 Å². The Morgan fingerprint density at radius 1 is 1.10 bits per heavy atom. The molecule has 1 aliphatic carbocycles. The van der Waals surface area contributed by atoms with Crippen molar-refractivity contribution in [1.29, 1.82) is 0 Å². The summed E-state index contributed by atoms with van der Waals surface area (Å²) in [4.78, 5) is 50.8. The smallest absolute Gasteiger partial charge is 0.326 e. The molecule has 160 valence electrons. The third-order valence-electron chi connectivity index (χ3n) is 5.79. The zero-order valence-corrected chi connectivity index (χ0v) is 17.3. The van der Waals surface area contributed by atoms with Gasteiger partial charge in [0.1, 0.15) is 6.54 Å². The molecule has 2 aliphatic rings. The number of nitrogens with zero attached hydrogens (tertiary/aromatic N) is 1. The molecule has 1 heterocycles. The fraction of sp³-hybridized carbons (Fsp3) is 0.333. The molecule has 0 fully saturated rings. The lowest BCUT2D eigenvalue weighted by molar-refractivity contribution is -0.157. The lowest BCUT2D eigenvalue weighted by Crippen LogP contribution is -2.46. The van der Waals surface area contributed by atoms with E-state index in [2.05, 4.69) is 11.4 Å². The predicted octanol–water partition coefficient (Wildman–Crippen LogP) is 2.34. The third-order valence-corrected chi connectivity index (χ3v) is 5.79. The number of rotatable bonds is 5. The van der Waals surface area contributed by atoms with E-state index in [-0.39, 0.29) is 12.5 Å². The maximum absolute atomic E-state index is 12.6. The number of esters is 1. The minimum Gasteiger partial charge on any atom is -0.451 e. The zero-order valence-electron chi connectivity index (χ0n) is 17.3. The monoisotopic (exact) mass is 420 g/mol. The number of carbonyl (C=O) groups is 4. The Morgan fingerprint density at radius 2 is 1.81 bits per heavy atom. The van der Waals surface area contributed by atoms with Crippen LogP contribution in [0.1, 0.15) is 52.9 Å². The molecule has 7 heteroatoms. The summed E-state index contributed by atoms with van der Waals surface area (Å²) in [7, 11) is 0. The van der Waals surface area contributed by atoms with Crippen LogP contribution >= 0.6 is 0 Å². The lowest BCUT2D eigenvalue weighted by atomic mass is 9.87. The van der Waals surface area contributed by atoms with E-state index in [9.17, 15) is 19.2 Å². The Hall–Kier alpha value is -3.48. The van der Waals surface area contributed by atoms with E-state index in [1.54, 1.807) is 24.3 Å². The summed E-state index contributed by atoms with van der Waals surface area (Å²) in [6.07, 6.45) is 1.78. The molecular weight excluding hydrogens is 396 g/mol. The topological polar surface area (TPSA) is 92.8 Å². The van der Waals surface area contributed by atoms with Crippen LogP contribution in [0.2, 0.25) is 0 Å². The number of ether oxygens (including phenoxy) is 1. The Kier molecular flexibility index (Phi) is 5.84. The normalized spacial score (nSPS) is 18.6. The molecule has 0 unspecified atom stereocenters. The number of benzene rings is 2. The Labute approximate surface area is 180 Å². The molecule has 0 aromatic heterocycles. The molecule has 1 aliphatic heterocycles. The van der Waals surface area contributed by atoms with Crippen LogP contribution in [0.5, 0.6) is 0 Å². The first-order valence-corrected chi connectivity index (χ1v) is 10.4. The van der Waals surface area contributed by atoms with Crippen molar-refractivity contribution >= 4 is 23.7 Å². The van der Waals surface area contributed by atoms with Gasteiger partial charge in [0.25, 0.3) is 11.8 Å². The van der Waals surface area contributed by atoms with Gasteiger partial charge in [0, 0.05) is 5.56 Å². The van der Waals surface area contributed by atoms with E-state index in [1.807, 2.05) is 18.2 Å². The van der Waals surface area contributed by atoms with Crippen LogP contribution in [0.3, 0.4) is 0 Å². The molecule has 31 heavy (non-hydrogen) atoms. The van der Waals surface area contributed by atoms with Gasteiger partial charge in [-0.3, -0.25) is 24.1 Å². The Bertz CT molecular complexity index is 1050. The van der Waals surface area contributed by atoms with Crippen LogP contribution in [-0.2, 0) is 32.0 Å². The number of hydrogen-bond donors (Lipinski definition) is 1. The van der Waals surface area contributed by atoms with Crippen molar-refractivity contribution in [1.82, 2.24) is 10.2 Å². The average Bonchev–Trinajstić information content (AvgIpc) is 2.77. The quantitative estimate of drug-likeness (QED) is 0.592. The molecule has 2 aromatic rings. The molecule has 0 spiro atoms. The fourth-order valence-electron chi connectivity index (χ4n) is 4.17. The summed E-state index contributed by atoms with van der Waals surface area (Å²) in [5.41, 5.74) is 3.34. The summed E-state index contributed by atoms with van der Waals surface area (Å²) in [6, 6.07) is 14.7. The van der Waals surface area contributed by atoms with Crippen molar-refractivity contribution in [3.8, 4) is 0 Å². The van der Waals surface area contributed by atoms with Gasteiger partial charge in [0.05, 0.1) is 12.5 Å². The molecule has 4 rings (SSSR count).